The molecule has 3 heterocycles. The van der Waals surface area contributed by atoms with Crippen LogP contribution in [0.4, 0.5) is 0 Å². The number of likely N-dealkylation sites (tertiary alicyclic amines) is 1. The highest BCUT2D eigenvalue weighted by Crippen LogP contribution is 2.29. The van der Waals surface area contributed by atoms with Crippen molar-refractivity contribution in [3.8, 4) is 11.4 Å². The summed E-state index contributed by atoms with van der Waals surface area (Å²) in [6, 6.07) is 5.07. The molecule has 0 amide bonds. The van der Waals surface area contributed by atoms with Gasteiger partial charge >= 0.3 is 0 Å². The molecule has 0 radical (unpaired) electrons. The number of hydrogen-bond acceptors (Lipinski definition) is 4. The number of piperidine rings is 1. The molecule has 3 rings (SSSR count). The van der Waals surface area contributed by atoms with Gasteiger partial charge in [0.05, 0.1) is 11.4 Å². The fourth-order valence-electron chi connectivity index (χ4n) is 3.51. The third-order valence-electron chi connectivity index (χ3n) is 4.92. The Kier molecular flexibility index (Phi) is 4.99. The summed E-state index contributed by atoms with van der Waals surface area (Å²) in [6.07, 6.45) is 4.14. The van der Waals surface area contributed by atoms with Crippen molar-refractivity contribution < 1.29 is 0 Å². The molecule has 5 nitrogen and oxygen atoms in total. The lowest BCUT2D eigenvalue weighted by molar-refractivity contribution is 0.169. The first-order valence-electron chi connectivity index (χ1n) is 9.09. The molecule has 2 aromatic heterocycles. The number of aryl methyl sites for hydroxylation is 1. The van der Waals surface area contributed by atoms with E-state index in [0.29, 0.717) is 18.0 Å². The van der Waals surface area contributed by atoms with Gasteiger partial charge in [-0.25, -0.2) is 9.97 Å². The Balaban J connectivity index is 1.86. The molecular formula is C19H29N5. The predicted octanol–water partition coefficient (Wildman–Crippen LogP) is 3.82. The second-order valence-corrected chi connectivity index (χ2v) is 7.41. The first-order chi connectivity index (χ1) is 11.5. The number of nitrogens with zero attached hydrogens (tertiary/aromatic N) is 5. The Hall–Kier alpha value is -1.75. The van der Waals surface area contributed by atoms with Gasteiger partial charge in [0, 0.05) is 29.9 Å². The minimum absolute atomic E-state index is 0.322. The zero-order valence-electron chi connectivity index (χ0n) is 15.5. The van der Waals surface area contributed by atoms with Crippen LogP contribution < -0.4 is 0 Å². The molecule has 0 saturated carbocycles. The third-order valence-corrected chi connectivity index (χ3v) is 4.92. The van der Waals surface area contributed by atoms with E-state index >= 15 is 0 Å². The van der Waals surface area contributed by atoms with Crippen molar-refractivity contribution in [1.82, 2.24) is 24.6 Å². The first kappa shape index (κ1) is 17.1. The molecule has 130 valence electrons. The molecule has 1 aliphatic heterocycles. The molecule has 0 atom stereocenters. The Bertz CT molecular complexity index is 681. The van der Waals surface area contributed by atoms with Gasteiger partial charge in [-0.15, -0.1) is 0 Å². The molecule has 0 N–H and O–H groups in total. The summed E-state index contributed by atoms with van der Waals surface area (Å²) < 4.78 is 2.03. The van der Waals surface area contributed by atoms with Gasteiger partial charge in [-0.05, 0) is 72.7 Å². The van der Waals surface area contributed by atoms with Crippen LogP contribution in [0.2, 0.25) is 0 Å². The molecule has 5 heteroatoms. The molecule has 0 bridgehead atoms. The van der Waals surface area contributed by atoms with Crippen LogP contribution in [-0.2, 0) is 0 Å². The highest BCUT2D eigenvalue weighted by atomic mass is 15.3. The monoisotopic (exact) mass is 327 g/mol. The van der Waals surface area contributed by atoms with Crippen molar-refractivity contribution in [3.05, 3.63) is 29.8 Å². The largest absolute Gasteiger partial charge is 0.301 e. The third kappa shape index (κ3) is 3.51. The second-order valence-electron chi connectivity index (χ2n) is 7.41. The fourth-order valence-corrected chi connectivity index (χ4v) is 3.51. The summed E-state index contributed by atoms with van der Waals surface area (Å²) in [4.78, 5) is 12.2. The van der Waals surface area contributed by atoms with Crippen LogP contribution in [0.25, 0.3) is 11.4 Å². The van der Waals surface area contributed by atoms with E-state index in [1.165, 1.54) is 0 Å². The summed E-state index contributed by atoms with van der Waals surface area (Å²) in [6.45, 7) is 13.2. The van der Waals surface area contributed by atoms with Crippen molar-refractivity contribution >= 4 is 0 Å². The summed E-state index contributed by atoms with van der Waals surface area (Å²) in [5.74, 6) is 1.47. The van der Waals surface area contributed by atoms with Gasteiger partial charge in [0.25, 0.3) is 0 Å². The van der Waals surface area contributed by atoms with E-state index in [1.807, 2.05) is 16.9 Å². The maximum absolute atomic E-state index is 4.92. The van der Waals surface area contributed by atoms with Gasteiger partial charge in [0.15, 0.2) is 0 Å². The maximum Gasteiger partial charge on any atom is 0.132 e. The van der Waals surface area contributed by atoms with Gasteiger partial charge in [-0.3, -0.25) is 4.68 Å². The minimum atomic E-state index is 0.322. The molecule has 0 aliphatic carbocycles. The molecule has 1 saturated heterocycles. The number of rotatable bonds is 4. The van der Waals surface area contributed by atoms with Crippen molar-refractivity contribution in [2.24, 2.45) is 0 Å². The highest BCUT2D eigenvalue weighted by molar-refractivity contribution is 5.54. The van der Waals surface area contributed by atoms with Gasteiger partial charge < -0.3 is 4.90 Å². The van der Waals surface area contributed by atoms with Crippen molar-refractivity contribution in [3.63, 3.8) is 0 Å². The summed E-state index contributed by atoms with van der Waals surface area (Å²) in [5.41, 5.74) is 3.11. The zero-order valence-corrected chi connectivity index (χ0v) is 15.5. The van der Waals surface area contributed by atoms with Crippen LogP contribution in [0.1, 0.15) is 64.0 Å². The molecule has 1 aliphatic rings. The minimum Gasteiger partial charge on any atom is -0.301 e. The molecular weight excluding hydrogens is 298 g/mol. The summed E-state index contributed by atoms with van der Waals surface area (Å²) in [7, 11) is 0. The normalized spacial score (nSPS) is 17.1. The van der Waals surface area contributed by atoms with Crippen LogP contribution in [0.15, 0.2) is 18.3 Å². The smallest absolute Gasteiger partial charge is 0.132 e. The van der Waals surface area contributed by atoms with Crippen LogP contribution in [0, 0.1) is 6.92 Å². The molecule has 0 aromatic carbocycles. The van der Waals surface area contributed by atoms with Crippen molar-refractivity contribution in [1.29, 1.82) is 0 Å². The van der Waals surface area contributed by atoms with Crippen molar-refractivity contribution in [2.75, 3.05) is 13.1 Å². The summed E-state index contributed by atoms with van der Waals surface area (Å²) >= 11 is 0. The molecule has 24 heavy (non-hydrogen) atoms. The zero-order chi connectivity index (χ0) is 17.3. The Morgan fingerprint density at radius 3 is 2.38 bits per heavy atom. The lowest BCUT2D eigenvalue weighted by atomic mass is 9.95. The Morgan fingerprint density at radius 2 is 1.75 bits per heavy atom. The topological polar surface area (TPSA) is 46.8 Å². The first-order valence-corrected chi connectivity index (χ1v) is 9.09. The van der Waals surface area contributed by atoms with Crippen LogP contribution in [0.3, 0.4) is 0 Å². The van der Waals surface area contributed by atoms with E-state index in [0.717, 1.165) is 48.8 Å². The quantitative estimate of drug-likeness (QED) is 0.856. The molecule has 0 spiro atoms. The average molecular weight is 327 g/mol. The van der Waals surface area contributed by atoms with Crippen LogP contribution in [-0.4, -0.2) is 43.8 Å². The molecule has 2 aromatic rings. The number of aromatic nitrogens is 4. The van der Waals surface area contributed by atoms with E-state index in [1.54, 1.807) is 0 Å². The second kappa shape index (κ2) is 7.01. The van der Waals surface area contributed by atoms with E-state index in [2.05, 4.69) is 50.7 Å². The average Bonchev–Trinajstić information content (AvgIpc) is 3.04. The van der Waals surface area contributed by atoms with E-state index in [4.69, 9.17) is 9.97 Å². The van der Waals surface area contributed by atoms with E-state index in [9.17, 15) is 0 Å². The van der Waals surface area contributed by atoms with Gasteiger partial charge in [-0.1, -0.05) is 0 Å². The fraction of sp³-hybridized carbons (Fsp3) is 0.632. The number of hydrogen-bond donors (Lipinski definition) is 0. The molecule has 1 fully saturated rings. The lowest BCUT2D eigenvalue weighted by Gasteiger charge is -2.34. The van der Waals surface area contributed by atoms with Crippen LogP contribution >= 0.6 is 0 Å². The highest BCUT2D eigenvalue weighted by Gasteiger charge is 2.25. The van der Waals surface area contributed by atoms with E-state index in [-0.39, 0.29) is 0 Å². The Labute approximate surface area is 145 Å². The van der Waals surface area contributed by atoms with Gasteiger partial charge in [-0.2, -0.15) is 5.10 Å². The molecule has 0 unspecified atom stereocenters. The van der Waals surface area contributed by atoms with E-state index < -0.39 is 0 Å². The lowest BCUT2D eigenvalue weighted by Crippen LogP contribution is -2.38. The maximum atomic E-state index is 4.92. The van der Waals surface area contributed by atoms with Gasteiger partial charge in [0.2, 0.25) is 0 Å². The van der Waals surface area contributed by atoms with Gasteiger partial charge in [0.1, 0.15) is 5.82 Å². The Morgan fingerprint density at radius 1 is 1.04 bits per heavy atom. The van der Waals surface area contributed by atoms with Crippen molar-refractivity contribution in [2.45, 2.75) is 65.5 Å². The predicted molar refractivity (Wildman–Crippen MR) is 97.1 cm³/mol. The summed E-state index contributed by atoms with van der Waals surface area (Å²) in [5, 5.41) is 4.44. The standard InChI is InChI=1S/C19H29N5/c1-13(2)23-10-7-16(8-11-23)19-21-15(5)12-17(22-19)18-6-9-20-24(18)14(3)4/h6,9,12-14,16H,7-8,10-11H2,1-5H3. The van der Waals surface area contributed by atoms with Crippen LogP contribution in [0.5, 0.6) is 0 Å². The SMILES string of the molecule is Cc1cc(-c2ccnn2C(C)C)nc(C2CCN(C(C)C)CC2)n1.